The lowest BCUT2D eigenvalue weighted by Crippen LogP contribution is -2.50. The first-order valence-corrected chi connectivity index (χ1v) is 15.3. The van der Waals surface area contributed by atoms with E-state index < -0.39 is 41.9 Å². The summed E-state index contributed by atoms with van der Waals surface area (Å²) in [7, 11) is 0. The van der Waals surface area contributed by atoms with Gasteiger partial charge in [-0.3, -0.25) is 9.59 Å². The van der Waals surface area contributed by atoms with Gasteiger partial charge >= 0.3 is 18.0 Å². The van der Waals surface area contributed by atoms with Gasteiger partial charge in [0, 0.05) is 30.1 Å². The molecule has 9 atom stereocenters. The van der Waals surface area contributed by atoms with Gasteiger partial charge in [0.05, 0.1) is 18.1 Å². The summed E-state index contributed by atoms with van der Waals surface area (Å²) < 4.78 is 16.6. The summed E-state index contributed by atoms with van der Waals surface area (Å²) in [6, 6.07) is 0. The third-order valence-electron chi connectivity index (χ3n) is 8.87. The molecule has 4 N–H and O–H groups in total. The maximum atomic E-state index is 12.9. The van der Waals surface area contributed by atoms with Gasteiger partial charge in [-0.2, -0.15) is 0 Å². The number of nitrogens with two attached hydrogens (primary N) is 1. The van der Waals surface area contributed by atoms with E-state index in [0.29, 0.717) is 19.3 Å². The topological polar surface area (TPSA) is 145 Å². The molecule has 1 amide bonds. The lowest BCUT2D eigenvalue weighted by molar-refractivity contribution is -0.182. The van der Waals surface area contributed by atoms with Crippen LogP contribution >= 0.6 is 0 Å². The molecular weight excluding hydrogens is 550 g/mol. The van der Waals surface area contributed by atoms with E-state index in [4.69, 9.17) is 19.9 Å². The molecule has 1 saturated heterocycles. The van der Waals surface area contributed by atoms with Crippen molar-refractivity contribution in [1.82, 2.24) is 0 Å². The fourth-order valence-electron chi connectivity index (χ4n) is 5.66. The Labute approximate surface area is 256 Å². The zero-order valence-corrected chi connectivity index (χ0v) is 26.7. The Bertz CT molecular complexity index is 1120. The van der Waals surface area contributed by atoms with Crippen LogP contribution in [-0.4, -0.2) is 58.3 Å². The predicted octanol–water partition coefficient (Wildman–Crippen LogP) is 5.47. The Morgan fingerprint density at radius 2 is 1.81 bits per heavy atom. The van der Waals surface area contributed by atoms with Gasteiger partial charge in [-0.15, -0.1) is 0 Å². The number of carbonyl (C=O) groups is 3. The molecule has 0 aromatic rings. The lowest BCUT2D eigenvalue weighted by Gasteiger charge is -2.41. The van der Waals surface area contributed by atoms with E-state index >= 15 is 0 Å². The zero-order valence-electron chi connectivity index (χ0n) is 26.7. The third kappa shape index (κ3) is 10.5. The Morgan fingerprint density at radius 3 is 2.47 bits per heavy atom. The number of primary amides is 1. The number of hydrogen-bond acceptors (Lipinski definition) is 8. The molecule has 0 radical (unpaired) electrons. The highest BCUT2D eigenvalue weighted by Gasteiger charge is 2.45. The molecule has 0 aliphatic carbocycles. The van der Waals surface area contributed by atoms with Crippen LogP contribution in [0.25, 0.3) is 0 Å². The summed E-state index contributed by atoms with van der Waals surface area (Å²) in [4.78, 5) is 36.5. The number of ether oxygens (including phenoxy) is 3. The molecule has 1 fully saturated rings. The molecule has 0 aromatic heterocycles. The van der Waals surface area contributed by atoms with Crippen LogP contribution in [0.1, 0.15) is 80.6 Å². The SMILES string of the molecule is CCC1OC(=O)CC(O)(C/C=C/C=C(\C)C2OC(=O)CC/C=C(\C)C(C)C(O)C(C)C(OC(N)=O)/C=C\C=C/C2C)C1C. The van der Waals surface area contributed by atoms with Crippen molar-refractivity contribution in [2.75, 3.05) is 0 Å². The Morgan fingerprint density at radius 1 is 1.14 bits per heavy atom. The van der Waals surface area contributed by atoms with Crippen molar-refractivity contribution < 1.29 is 38.8 Å². The van der Waals surface area contributed by atoms with Gasteiger partial charge in [-0.05, 0) is 44.8 Å². The average molecular weight is 602 g/mol. The van der Waals surface area contributed by atoms with Crippen molar-refractivity contribution in [2.45, 2.75) is 111 Å². The van der Waals surface area contributed by atoms with Crippen LogP contribution in [0.2, 0.25) is 0 Å². The van der Waals surface area contributed by atoms with Gasteiger partial charge in [0.25, 0.3) is 0 Å². The summed E-state index contributed by atoms with van der Waals surface area (Å²) >= 11 is 0. The van der Waals surface area contributed by atoms with Crippen LogP contribution in [0.3, 0.4) is 0 Å². The second-order valence-corrected chi connectivity index (χ2v) is 12.1. The lowest BCUT2D eigenvalue weighted by atomic mass is 9.77. The second-order valence-electron chi connectivity index (χ2n) is 12.1. The number of hydrogen-bond donors (Lipinski definition) is 3. The normalized spacial score (nSPS) is 38.0. The first kappa shape index (κ1) is 36.0. The fraction of sp³-hybridized carbons (Fsp3) is 0.618. The Hall–Kier alpha value is -3.17. The van der Waals surface area contributed by atoms with Crippen molar-refractivity contribution in [2.24, 2.45) is 29.4 Å². The van der Waals surface area contributed by atoms with E-state index in [1.165, 1.54) is 0 Å². The summed E-state index contributed by atoms with van der Waals surface area (Å²) in [5, 5.41) is 22.1. The molecule has 240 valence electrons. The van der Waals surface area contributed by atoms with Crippen molar-refractivity contribution in [3.05, 3.63) is 59.8 Å². The highest BCUT2D eigenvalue weighted by atomic mass is 16.6. The van der Waals surface area contributed by atoms with E-state index in [1.807, 2.05) is 71.9 Å². The Balaban J connectivity index is 2.29. The van der Waals surface area contributed by atoms with Crippen molar-refractivity contribution in [3.8, 4) is 0 Å². The van der Waals surface area contributed by atoms with E-state index in [2.05, 4.69) is 0 Å². The standard InChI is InChI=1S/C34H51NO8/c1-8-27-26(7)34(40,20-30(37)41-27)19-12-11-15-23(4)32-22(3)14-9-10-17-28(42-33(35)39)25(6)31(38)24(5)21(2)16-13-18-29(36)43-32/h9-12,14-17,22,24-28,31-32,38,40H,8,13,18-20H2,1-7H3,(H2,35,39)/b12-11+,14-9-,17-10-,21-16+,23-15+. The average Bonchev–Trinajstić information content (AvgIpc) is 2.95. The Kier molecular flexibility index (Phi) is 13.9. The second kappa shape index (κ2) is 16.6. The first-order valence-electron chi connectivity index (χ1n) is 15.3. The molecule has 9 unspecified atom stereocenters. The highest BCUT2D eigenvalue weighted by molar-refractivity contribution is 5.72. The number of carbonyl (C=O) groups excluding carboxylic acids is 3. The summed E-state index contributed by atoms with van der Waals surface area (Å²) in [6.07, 6.45) is 12.7. The van der Waals surface area contributed by atoms with Gasteiger partial charge in [-0.25, -0.2) is 4.79 Å². The smallest absolute Gasteiger partial charge is 0.405 e. The van der Waals surface area contributed by atoms with Gasteiger partial charge in [0.2, 0.25) is 0 Å². The maximum absolute atomic E-state index is 12.9. The number of rotatable bonds is 6. The van der Waals surface area contributed by atoms with E-state index in [0.717, 1.165) is 11.1 Å². The minimum atomic E-state index is -1.18. The number of allylic oxidation sites excluding steroid dienone is 5. The molecule has 2 rings (SSSR count). The number of esters is 2. The minimum absolute atomic E-state index is 0.0525. The largest absolute Gasteiger partial charge is 0.462 e. The molecular formula is C34H51NO8. The highest BCUT2D eigenvalue weighted by Crippen LogP contribution is 2.36. The van der Waals surface area contributed by atoms with E-state index in [1.54, 1.807) is 25.2 Å². The third-order valence-corrected chi connectivity index (χ3v) is 8.87. The summed E-state index contributed by atoms with van der Waals surface area (Å²) in [5.74, 6) is -1.79. The van der Waals surface area contributed by atoms with Crippen LogP contribution in [0, 0.1) is 23.7 Å². The molecule has 9 nitrogen and oxygen atoms in total. The first-order chi connectivity index (χ1) is 20.2. The number of aliphatic hydroxyl groups is 2. The molecule has 2 aliphatic heterocycles. The molecule has 0 bridgehead atoms. The molecule has 2 aliphatic rings. The van der Waals surface area contributed by atoms with Crippen LogP contribution in [0.5, 0.6) is 0 Å². The molecule has 9 heteroatoms. The zero-order chi connectivity index (χ0) is 32.3. The van der Waals surface area contributed by atoms with Crippen LogP contribution in [0.4, 0.5) is 4.79 Å². The quantitative estimate of drug-likeness (QED) is 0.157. The van der Waals surface area contributed by atoms with Gasteiger partial charge < -0.3 is 30.2 Å². The molecule has 0 spiro atoms. The van der Waals surface area contributed by atoms with E-state index in [-0.39, 0.29) is 42.7 Å². The van der Waals surface area contributed by atoms with Gasteiger partial charge in [0.15, 0.2) is 0 Å². The van der Waals surface area contributed by atoms with Gasteiger partial charge in [0.1, 0.15) is 18.3 Å². The van der Waals surface area contributed by atoms with Crippen molar-refractivity contribution >= 4 is 18.0 Å². The van der Waals surface area contributed by atoms with Crippen molar-refractivity contribution in [3.63, 3.8) is 0 Å². The molecule has 2 heterocycles. The van der Waals surface area contributed by atoms with E-state index in [9.17, 15) is 24.6 Å². The molecule has 0 saturated carbocycles. The molecule has 0 aromatic carbocycles. The summed E-state index contributed by atoms with van der Waals surface area (Å²) in [5.41, 5.74) is 5.85. The number of cyclic esters (lactones) is 2. The predicted molar refractivity (Wildman–Crippen MR) is 166 cm³/mol. The van der Waals surface area contributed by atoms with Crippen LogP contribution in [-0.2, 0) is 23.8 Å². The van der Waals surface area contributed by atoms with Gasteiger partial charge in [-0.1, -0.05) is 82.7 Å². The minimum Gasteiger partial charge on any atom is -0.462 e. The van der Waals surface area contributed by atoms with Crippen LogP contribution in [0.15, 0.2) is 59.8 Å². The maximum Gasteiger partial charge on any atom is 0.405 e. The number of amides is 1. The summed E-state index contributed by atoms with van der Waals surface area (Å²) in [6.45, 7) is 13.2. The molecule has 43 heavy (non-hydrogen) atoms. The van der Waals surface area contributed by atoms with Crippen LogP contribution < -0.4 is 5.73 Å². The van der Waals surface area contributed by atoms with Crippen molar-refractivity contribution in [1.29, 1.82) is 0 Å². The fourth-order valence-corrected chi connectivity index (χ4v) is 5.66. The monoisotopic (exact) mass is 601 g/mol. The number of aliphatic hydroxyl groups excluding tert-OH is 1.